The van der Waals surface area contributed by atoms with Gasteiger partial charge in [0.05, 0.1) is 6.54 Å². The topological polar surface area (TPSA) is 37.3 Å². The lowest BCUT2D eigenvalue weighted by atomic mass is 10.2. The molecule has 1 unspecified atom stereocenters. The number of hydrogen-bond acceptors (Lipinski definition) is 2. The van der Waals surface area contributed by atoms with Crippen LogP contribution in [0.1, 0.15) is 17.4 Å². The molecule has 0 radical (unpaired) electrons. The molecule has 1 aliphatic heterocycles. The zero-order chi connectivity index (χ0) is 13.1. The van der Waals surface area contributed by atoms with E-state index in [1.807, 2.05) is 6.92 Å². The van der Waals surface area contributed by atoms with Gasteiger partial charge in [-0.3, -0.25) is 4.79 Å². The molecule has 0 aromatic carbocycles. The van der Waals surface area contributed by atoms with Crippen LogP contribution in [0, 0.1) is 0 Å². The molecule has 0 saturated carbocycles. The first-order valence-electron chi connectivity index (χ1n) is 6.04. The number of nitrogens with one attached hydrogen (secondary N) is 1. The largest absolute Gasteiger partial charge is 0.338 e. The normalized spacial score (nSPS) is 20.4. The third-order valence-electron chi connectivity index (χ3n) is 3.04. The van der Waals surface area contributed by atoms with Gasteiger partial charge < -0.3 is 14.8 Å². The molecule has 1 aromatic rings. The number of rotatable bonds is 3. The minimum atomic E-state index is -2.45. The van der Waals surface area contributed by atoms with Gasteiger partial charge in [-0.1, -0.05) is 0 Å². The van der Waals surface area contributed by atoms with Crippen LogP contribution in [0.4, 0.5) is 8.78 Å². The van der Waals surface area contributed by atoms with E-state index in [0.29, 0.717) is 18.8 Å². The fourth-order valence-corrected chi connectivity index (χ4v) is 2.19. The van der Waals surface area contributed by atoms with E-state index in [2.05, 4.69) is 5.32 Å². The van der Waals surface area contributed by atoms with Crippen LogP contribution in [0.2, 0.25) is 0 Å². The second-order valence-corrected chi connectivity index (χ2v) is 4.54. The van der Waals surface area contributed by atoms with E-state index >= 15 is 0 Å². The van der Waals surface area contributed by atoms with Gasteiger partial charge in [0, 0.05) is 31.9 Å². The molecule has 100 valence electrons. The van der Waals surface area contributed by atoms with E-state index in [0.717, 1.165) is 6.54 Å². The first-order chi connectivity index (χ1) is 8.58. The molecule has 4 nitrogen and oxygen atoms in total. The number of carbonyl (C=O) groups excluding carboxylic acids is 1. The molecule has 1 atom stereocenters. The summed E-state index contributed by atoms with van der Waals surface area (Å²) in [6, 6.07) is 3.46. The van der Waals surface area contributed by atoms with Gasteiger partial charge in [-0.2, -0.15) is 0 Å². The summed E-state index contributed by atoms with van der Waals surface area (Å²) in [4.78, 5) is 13.9. The van der Waals surface area contributed by atoms with Crippen molar-refractivity contribution >= 4 is 5.91 Å². The number of piperazine rings is 1. The molecule has 0 bridgehead atoms. The highest BCUT2D eigenvalue weighted by Crippen LogP contribution is 2.11. The zero-order valence-electron chi connectivity index (χ0n) is 10.3. The summed E-state index contributed by atoms with van der Waals surface area (Å²) in [7, 11) is 0. The Kier molecular flexibility index (Phi) is 3.96. The van der Waals surface area contributed by atoms with Crippen molar-refractivity contribution in [2.75, 3.05) is 19.6 Å². The number of halogens is 2. The van der Waals surface area contributed by atoms with Crippen LogP contribution >= 0.6 is 0 Å². The Morgan fingerprint density at radius 2 is 2.39 bits per heavy atom. The number of alkyl halides is 2. The lowest BCUT2D eigenvalue weighted by Crippen LogP contribution is -2.51. The van der Waals surface area contributed by atoms with Crippen molar-refractivity contribution in [1.29, 1.82) is 0 Å². The van der Waals surface area contributed by atoms with E-state index in [-0.39, 0.29) is 11.9 Å². The molecule has 1 saturated heterocycles. The third-order valence-corrected chi connectivity index (χ3v) is 3.04. The quantitative estimate of drug-likeness (QED) is 0.883. The smallest absolute Gasteiger partial charge is 0.270 e. The highest BCUT2D eigenvalue weighted by Gasteiger charge is 2.24. The van der Waals surface area contributed by atoms with E-state index in [1.54, 1.807) is 17.0 Å². The summed E-state index contributed by atoms with van der Waals surface area (Å²) in [5.41, 5.74) is 0.337. The van der Waals surface area contributed by atoms with Crippen molar-refractivity contribution in [3.63, 3.8) is 0 Å². The Morgan fingerprint density at radius 3 is 3.06 bits per heavy atom. The highest BCUT2D eigenvalue weighted by molar-refractivity contribution is 5.92. The summed E-state index contributed by atoms with van der Waals surface area (Å²) >= 11 is 0. The Labute approximate surface area is 105 Å². The Balaban J connectivity index is 2.10. The van der Waals surface area contributed by atoms with Crippen molar-refractivity contribution < 1.29 is 13.6 Å². The van der Waals surface area contributed by atoms with Crippen LogP contribution in [-0.4, -0.2) is 47.5 Å². The molecular formula is C12H17F2N3O. The SMILES string of the molecule is CC1CN(C(=O)c2cccn2CC(F)F)CCN1. The summed E-state index contributed by atoms with van der Waals surface area (Å²) in [5, 5.41) is 3.24. The van der Waals surface area contributed by atoms with Crippen LogP contribution in [0.15, 0.2) is 18.3 Å². The van der Waals surface area contributed by atoms with Gasteiger partial charge in [0.1, 0.15) is 5.69 Å². The predicted molar refractivity (Wildman–Crippen MR) is 63.8 cm³/mol. The van der Waals surface area contributed by atoms with Crippen molar-refractivity contribution in [2.24, 2.45) is 0 Å². The van der Waals surface area contributed by atoms with Crippen molar-refractivity contribution in [1.82, 2.24) is 14.8 Å². The second kappa shape index (κ2) is 5.48. The van der Waals surface area contributed by atoms with Gasteiger partial charge in [0.2, 0.25) is 0 Å². The Morgan fingerprint density at radius 1 is 1.61 bits per heavy atom. The average Bonchev–Trinajstić information content (AvgIpc) is 2.75. The molecule has 2 rings (SSSR count). The average molecular weight is 257 g/mol. The van der Waals surface area contributed by atoms with Crippen LogP contribution in [0.5, 0.6) is 0 Å². The van der Waals surface area contributed by atoms with E-state index in [9.17, 15) is 13.6 Å². The summed E-state index contributed by atoms with van der Waals surface area (Å²) < 4.78 is 26.1. The number of nitrogens with zero attached hydrogens (tertiary/aromatic N) is 2. The van der Waals surface area contributed by atoms with Crippen molar-refractivity contribution in [3.05, 3.63) is 24.0 Å². The standard InChI is InChI=1S/C12H17F2N3O/c1-9-7-17(6-4-15-9)12(18)10-3-2-5-16(10)8-11(13)14/h2-3,5,9,11,15H,4,6-8H2,1H3. The molecule has 1 N–H and O–H groups in total. The fraction of sp³-hybridized carbons (Fsp3) is 0.583. The number of carbonyl (C=O) groups is 1. The molecule has 1 aliphatic rings. The van der Waals surface area contributed by atoms with Crippen LogP contribution < -0.4 is 5.32 Å². The number of hydrogen-bond donors (Lipinski definition) is 1. The molecule has 6 heteroatoms. The maximum absolute atomic E-state index is 12.4. The first-order valence-corrected chi connectivity index (χ1v) is 6.04. The molecule has 0 spiro atoms. The van der Waals surface area contributed by atoms with Gasteiger partial charge in [-0.05, 0) is 19.1 Å². The van der Waals surface area contributed by atoms with Crippen LogP contribution in [0.25, 0.3) is 0 Å². The first kappa shape index (κ1) is 13.0. The molecule has 18 heavy (non-hydrogen) atoms. The van der Waals surface area contributed by atoms with Crippen LogP contribution in [-0.2, 0) is 6.54 Å². The monoisotopic (exact) mass is 257 g/mol. The van der Waals surface area contributed by atoms with E-state index in [1.165, 1.54) is 10.8 Å². The minimum absolute atomic E-state index is 0.172. The maximum Gasteiger partial charge on any atom is 0.270 e. The van der Waals surface area contributed by atoms with Gasteiger partial charge in [-0.15, -0.1) is 0 Å². The van der Waals surface area contributed by atoms with Crippen molar-refractivity contribution in [3.8, 4) is 0 Å². The van der Waals surface area contributed by atoms with Gasteiger partial charge >= 0.3 is 0 Å². The summed E-state index contributed by atoms with van der Waals surface area (Å²) in [6.45, 7) is 3.53. The molecular weight excluding hydrogens is 240 g/mol. The molecule has 1 amide bonds. The Hall–Kier alpha value is -1.43. The molecule has 0 aliphatic carbocycles. The molecule has 2 heterocycles. The third kappa shape index (κ3) is 2.87. The predicted octanol–water partition coefficient (Wildman–Crippen LogP) is 1.19. The molecule has 1 aromatic heterocycles. The van der Waals surface area contributed by atoms with E-state index < -0.39 is 13.0 Å². The number of amides is 1. The van der Waals surface area contributed by atoms with Gasteiger partial charge in [-0.25, -0.2) is 8.78 Å². The second-order valence-electron chi connectivity index (χ2n) is 4.54. The van der Waals surface area contributed by atoms with Crippen LogP contribution in [0.3, 0.4) is 0 Å². The van der Waals surface area contributed by atoms with Gasteiger partial charge in [0.15, 0.2) is 0 Å². The Bertz CT molecular complexity index is 419. The van der Waals surface area contributed by atoms with Gasteiger partial charge in [0.25, 0.3) is 12.3 Å². The minimum Gasteiger partial charge on any atom is -0.338 e. The summed E-state index contributed by atoms with van der Waals surface area (Å²) in [6.07, 6.45) is -0.934. The lowest BCUT2D eigenvalue weighted by Gasteiger charge is -2.32. The zero-order valence-corrected chi connectivity index (χ0v) is 10.3. The lowest BCUT2D eigenvalue weighted by molar-refractivity contribution is 0.0689. The maximum atomic E-state index is 12.4. The van der Waals surface area contributed by atoms with Crippen molar-refractivity contribution in [2.45, 2.75) is 25.9 Å². The number of aromatic nitrogens is 1. The summed E-state index contributed by atoms with van der Waals surface area (Å²) in [5.74, 6) is -0.172. The fourth-order valence-electron chi connectivity index (χ4n) is 2.19. The highest BCUT2D eigenvalue weighted by atomic mass is 19.3. The van der Waals surface area contributed by atoms with E-state index in [4.69, 9.17) is 0 Å². The molecule has 1 fully saturated rings.